The Labute approximate surface area is 93.6 Å². The first-order chi connectivity index (χ1) is 7.20. The summed E-state index contributed by atoms with van der Waals surface area (Å²) in [5.41, 5.74) is 6.86. The maximum atomic E-state index is 13.3. The molecule has 82 valence electrons. The Morgan fingerprint density at radius 1 is 1.53 bits per heavy atom. The summed E-state index contributed by atoms with van der Waals surface area (Å²) in [4.78, 5) is 2.19. The number of nitrogens with zero attached hydrogens (tertiary/aromatic N) is 1. The van der Waals surface area contributed by atoms with Crippen molar-refractivity contribution in [2.75, 3.05) is 28.7 Å². The smallest absolute Gasteiger partial charge is 0.148 e. The number of benzene rings is 1. The Balaban J connectivity index is 2.31. The Morgan fingerprint density at radius 3 is 3.07 bits per heavy atom. The standard InChI is InChI=1S/C11H15FN2S/c1-8-7-15-6-5-14(8)10-4-2-3-9(12)11(10)13/h2-4,8H,5-7,13H2,1H3. The summed E-state index contributed by atoms with van der Waals surface area (Å²) in [5, 5.41) is 0. The van der Waals surface area contributed by atoms with Gasteiger partial charge in [0.15, 0.2) is 0 Å². The lowest BCUT2D eigenvalue weighted by molar-refractivity contribution is 0.629. The molecule has 2 rings (SSSR count). The summed E-state index contributed by atoms with van der Waals surface area (Å²) in [7, 11) is 0. The molecule has 0 bridgehead atoms. The van der Waals surface area contributed by atoms with Gasteiger partial charge in [-0.2, -0.15) is 11.8 Å². The maximum Gasteiger partial charge on any atom is 0.148 e. The second kappa shape index (κ2) is 4.31. The van der Waals surface area contributed by atoms with Crippen LogP contribution >= 0.6 is 11.8 Å². The predicted molar refractivity (Wildman–Crippen MR) is 64.9 cm³/mol. The first kappa shape index (κ1) is 10.6. The van der Waals surface area contributed by atoms with Gasteiger partial charge in [-0.3, -0.25) is 0 Å². The van der Waals surface area contributed by atoms with Crippen molar-refractivity contribution in [3.8, 4) is 0 Å². The van der Waals surface area contributed by atoms with Crippen molar-refractivity contribution in [3.05, 3.63) is 24.0 Å². The van der Waals surface area contributed by atoms with E-state index in [1.807, 2.05) is 17.8 Å². The average molecular weight is 226 g/mol. The third kappa shape index (κ3) is 2.04. The molecular formula is C11H15FN2S. The molecule has 1 unspecified atom stereocenters. The SMILES string of the molecule is CC1CSCCN1c1cccc(F)c1N. The van der Waals surface area contributed by atoms with Crippen LogP contribution < -0.4 is 10.6 Å². The quantitative estimate of drug-likeness (QED) is 0.745. The average Bonchev–Trinajstić information content (AvgIpc) is 2.23. The van der Waals surface area contributed by atoms with E-state index in [-0.39, 0.29) is 11.5 Å². The van der Waals surface area contributed by atoms with Crippen molar-refractivity contribution in [1.29, 1.82) is 0 Å². The number of halogens is 1. The summed E-state index contributed by atoms with van der Waals surface area (Å²) in [6, 6.07) is 5.44. The van der Waals surface area contributed by atoms with E-state index in [2.05, 4.69) is 11.8 Å². The molecule has 1 aliphatic rings. The van der Waals surface area contributed by atoms with Crippen LogP contribution in [0.1, 0.15) is 6.92 Å². The number of hydrogen-bond donors (Lipinski definition) is 1. The molecule has 1 aromatic rings. The molecule has 2 N–H and O–H groups in total. The lowest BCUT2D eigenvalue weighted by atomic mass is 10.2. The zero-order chi connectivity index (χ0) is 10.8. The van der Waals surface area contributed by atoms with E-state index in [0.717, 1.165) is 23.7 Å². The second-order valence-electron chi connectivity index (χ2n) is 3.79. The number of nitrogens with two attached hydrogens (primary N) is 1. The summed E-state index contributed by atoms with van der Waals surface area (Å²) >= 11 is 1.94. The van der Waals surface area contributed by atoms with Crippen LogP contribution in [0.25, 0.3) is 0 Å². The van der Waals surface area contributed by atoms with Crippen LogP contribution in [0.2, 0.25) is 0 Å². The zero-order valence-electron chi connectivity index (χ0n) is 8.74. The highest BCUT2D eigenvalue weighted by molar-refractivity contribution is 7.99. The molecule has 1 saturated heterocycles. The largest absolute Gasteiger partial charge is 0.395 e. The number of hydrogen-bond acceptors (Lipinski definition) is 3. The number of nitrogen functional groups attached to an aromatic ring is 1. The molecule has 1 atom stereocenters. The van der Waals surface area contributed by atoms with Gasteiger partial charge in [0.1, 0.15) is 5.82 Å². The van der Waals surface area contributed by atoms with Gasteiger partial charge in [-0.1, -0.05) is 6.07 Å². The fourth-order valence-corrected chi connectivity index (χ4v) is 2.87. The summed E-state index contributed by atoms with van der Waals surface area (Å²) in [5.74, 6) is 1.84. The van der Waals surface area contributed by atoms with Crippen molar-refractivity contribution in [2.24, 2.45) is 0 Å². The predicted octanol–water partition coefficient (Wildman–Crippen LogP) is 2.35. The molecule has 0 aliphatic carbocycles. The molecule has 2 nitrogen and oxygen atoms in total. The zero-order valence-corrected chi connectivity index (χ0v) is 9.56. The fraction of sp³-hybridized carbons (Fsp3) is 0.455. The molecule has 0 saturated carbocycles. The third-order valence-corrected chi connectivity index (χ3v) is 3.90. The van der Waals surface area contributed by atoms with Crippen LogP contribution in [0.3, 0.4) is 0 Å². The molecule has 1 fully saturated rings. The number of para-hydroxylation sites is 1. The highest BCUT2D eigenvalue weighted by Gasteiger charge is 2.21. The molecule has 0 radical (unpaired) electrons. The van der Waals surface area contributed by atoms with E-state index >= 15 is 0 Å². The Morgan fingerprint density at radius 2 is 2.33 bits per heavy atom. The normalized spacial score (nSPS) is 21.7. The van der Waals surface area contributed by atoms with Crippen molar-refractivity contribution >= 4 is 23.1 Å². The van der Waals surface area contributed by atoms with Gasteiger partial charge in [0.05, 0.1) is 11.4 Å². The molecule has 15 heavy (non-hydrogen) atoms. The molecule has 4 heteroatoms. The first-order valence-electron chi connectivity index (χ1n) is 5.08. The lowest BCUT2D eigenvalue weighted by Crippen LogP contribution is -2.40. The minimum atomic E-state index is -0.321. The van der Waals surface area contributed by atoms with Crippen LogP contribution in [0.4, 0.5) is 15.8 Å². The van der Waals surface area contributed by atoms with E-state index < -0.39 is 0 Å². The number of thioether (sulfide) groups is 1. The molecule has 0 spiro atoms. The van der Waals surface area contributed by atoms with Crippen molar-refractivity contribution in [2.45, 2.75) is 13.0 Å². The monoisotopic (exact) mass is 226 g/mol. The van der Waals surface area contributed by atoms with Crippen molar-refractivity contribution in [3.63, 3.8) is 0 Å². The van der Waals surface area contributed by atoms with Gasteiger partial charge in [-0.05, 0) is 19.1 Å². The first-order valence-corrected chi connectivity index (χ1v) is 6.24. The van der Waals surface area contributed by atoms with E-state index in [0.29, 0.717) is 6.04 Å². The number of anilines is 2. The topological polar surface area (TPSA) is 29.3 Å². The third-order valence-electron chi connectivity index (χ3n) is 2.71. The van der Waals surface area contributed by atoms with Crippen LogP contribution in [0.15, 0.2) is 18.2 Å². The lowest BCUT2D eigenvalue weighted by Gasteiger charge is -2.35. The van der Waals surface area contributed by atoms with Crippen LogP contribution in [-0.2, 0) is 0 Å². The van der Waals surface area contributed by atoms with Gasteiger partial charge in [0, 0.05) is 24.1 Å². The Bertz CT molecular complexity index is 356. The summed E-state index contributed by atoms with van der Waals surface area (Å²) in [6.07, 6.45) is 0. The molecular weight excluding hydrogens is 211 g/mol. The highest BCUT2D eigenvalue weighted by atomic mass is 32.2. The van der Waals surface area contributed by atoms with Gasteiger partial charge in [0.2, 0.25) is 0 Å². The Kier molecular flexibility index (Phi) is 3.05. The van der Waals surface area contributed by atoms with E-state index in [1.54, 1.807) is 6.07 Å². The second-order valence-corrected chi connectivity index (χ2v) is 4.94. The Hall–Kier alpha value is -0.900. The van der Waals surface area contributed by atoms with Crippen molar-refractivity contribution in [1.82, 2.24) is 0 Å². The van der Waals surface area contributed by atoms with Gasteiger partial charge in [-0.25, -0.2) is 4.39 Å². The fourth-order valence-electron chi connectivity index (χ4n) is 1.86. The maximum absolute atomic E-state index is 13.3. The molecule has 0 aromatic heterocycles. The van der Waals surface area contributed by atoms with Gasteiger partial charge in [0.25, 0.3) is 0 Å². The van der Waals surface area contributed by atoms with E-state index in [9.17, 15) is 4.39 Å². The van der Waals surface area contributed by atoms with Crippen molar-refractivity contribution < 1.29 is 4.39 Å². The molecule has 1 aromatic carbocycles. The van der Waals surface area contributed by atoms with E-state index in [4.69, 9.17) is 5.73 Å². The van der Waals surface area contributed by atoms with Crippen LogP contribution in [-0.4, -0.2) is 24.1 Å². The van der Waals surface area contributed by atoms with E-state index in [1.165, 1.54) is 6.07 Å². The van der Waals surface area contributed by atoms with Gasteiger partial charge < -0.3 is 10.6 Å². The van der Waals surface area contributed by atoms with Gasteiger partial charge >= 0.3 is 0 Å². The molecule has 0 amide bonds. The minimum absolute atomic E-state index is 0.274. The molecule has 1 aliphatic heterocycles. The minimum Gasteiger partial charge on any atom is -0.395 e. The summed E-state index contributed by atoms with van der Waals surface area (Å²) < 4.78 is 13.3. The number of rotatable bonds is 1. The highest BCUT2D eigenvalue weighted by Crippen LogP contribution is 2.30. The van der Waals surface area contributed by atoms with Crippen LogP contribution in [0, 0.1) is 5.82 Å². The molecule has 1 heterocycles. The van der Waals surface area contributed by atoms with Gasteiger partial charge in [-0.15, -0.1) is 0 Å². The van der Waals surface area contributed by atoms with Crippen LogP contribution in [0.5, 0.6) is 0 Å². The summed E-state index contributed by atoms with van der Waals surface area (Å²) in [6.45, 7) is 3.09.